The minimum absolute atomic E-state index is 0.00388. The molecule has 798 valence electrons. The summed E-state index contributed by atoms with van der Waals surface area (Å²) in [4.78, 5) is 189. The normalized spacial score (nSPS) is 19.6. The minimum Gasteiger partial charge on any atom is -0.492 e. The second-order valence-electron chi connectivity index (χ2n) is 39.7. The van der Waals surface area contributed by atoms with E-state index >= 15 is 13.2 Å². The number of fused-ring (bicyclic) bond motifs is 6. The van der Waals surface area contributed by atoms with E-state index in [0.29, 0.717) is 74.8 Å². The van der Waals surface area contributed by atoms with Crippen LogP contribution < -0.4 is 61.1 Å². The maximum absolute atomic E-state index is 16.4. The highest BCUT2D eigenvalue weighted by Crippen LogP contribution is 2.70. The number of aromatic carboxylic acids is 1. The Kier molecular flexibility index (Phi) is 33.3. The second-order valence-corrected chi connectivity index (χ2v) is 47.8. The smallest absolute Gasteiger partial charge is 0.410 e. The summed E-state index contributed by atoms with van der Waals surface area (Å²) in [5, 5.41) is 15.4. The van der Waals surface area contributed by atoms with Crippen LogP contribution in [0.5, 0.6) is 17.2 Å². The van der Waals surface area contributed by atoms with E-state index in [1.54, 1.807) is 51.2 Å². The minimum atomic E-state index is -5.23. The van der Waals surface area contributed by atoms with Gasteiger partial charge in [0, 0.05) is 106 Å². The topological polar surface area (TPSA) is 512 Å². The number of hydrogen-bond acceptors (Lipinski definition) is 29. The summed E-state index contributed by atoms with van der Waals surface area (Å²) in [6, 6.07) is 13.4. The summed E-state index contributed by atoms with van der Waals surface area (Å²) in [7, 11) is -14.3. The average molecular weight is 2130 g/mol. The molecule has 0 bridgehead atoms. The third-order valence-corrected chi connectivity index (χ3v) is 36.2. The molecule has 4 amide bonds. The van der Waals surface area contributed by atoms with Crippen molar-refractivity contribution >= 4 is 138 Å². The summed E-state index contributed by atoms with van der Waals surface area (Å²) in [5.41, 5.74) is -2.74. The van der Waals surface area contributed by atoms with Crippen molar-refractivity contribution in [2.45, 2.75) is 199 Å². The van der Waals surface area contributed by atoms with E-state index in [-0.39, 0.29) is 170 Å². The lowest BCUT2D eigenvalue weighted by atomic mass is 9.92. The van der Waals surface area contributed by atoms with Crippen LogP contribution in [0.2, 0.25) is 0 Å². The van der Waals surface area contributed by atoms with E-state index in [2.05, 4.69) is 16.0 Å². The number of esters is 2. The van der Waals surface area contributed by atoms with Crippen LogP contribution in [0.25, 0.3) is 32.7 Å². The van der Waals surface area contributed by atoms with Crippen molar-refractivity contribution in [1.82, 2.24) is 28.8 Å². The molecule has 0 spiro atoms. The molecule has 9 aliphatic rings. The molecule has 3 aliphatic carbocycles. The maximum atomic E-state index is 16.4. The highest BCUT2D eigenvalue weighted by Gasteiger charge is 2.50. The standard InChI is InChI=1S/C43H59FN4O13P2.C30H35FN4O11P2.C26H32FN3O6/c1-9-57-62(53,58-10-2)41(63(54,59-11-3)60-12-4)27-15-17-29(18-16-27)45-35(49)26-56-40(51)32-24-48(30-19-20-30)36-31(38(32)50)22-33(44)37(39(36)55-8)46-23-28-14-13-21-47(34(28)25-46)42(52)61-43(5,6)7;1-45-28-25-20(11-22(31)26(28)34-12-17-3-2-10-32-23(17)14-34)27(37)21(13-35(25)19-8-9-19)29(38)46-15-24(36)33-18-6-4-16(5-7-18)30(47(39,40)41)48(42,43)44;1-26(2,3)36-25(34)29-9-5-6-14-11-28(13-19(14)29)21-18(27)10-16-20(23(21)35-4)30(15-7-8-15)12-17(22(16)31)24(32)33/h15-18,22,24,28,30,34,53H,9-14,19-21,23,25-26H2,1-8H3,(H,45,49);4-7,11,13,17,19,23,30,32H,2-3,8-10,12,14-15H2,1H3,(H,33,36)(H2,39,40,41)(H2,42,43,44);10,12,14-15,19H,5-9,11,13H2,1-4H3,(H,32,33)/t28-,34+;17-,23+;14-,19+/m000/s1. The van der Waals surface area contributed by atoms with E-state index < -0.39 is 135 Å². The summed E-state index contributed by atoms with van der Waals surface area (Å²) < 4.78 is 152. The molecular formula is C99H126F3N11O30P4. The molecule has 6 saturated heterocycles. The molecule has 41 nitrogen and oxygen atoms in total. The van der Waals surface area contributed by atoms with Gasteiger partial charge in [-0.25, -0.2) is 37.1 Å². The first-order chi connectivity index (χ1) is 69.6. The molecule has 17 rings (SSSR count). The Labute approximate surface area is 844 Å². The predicted molar refractivity (Wildman–Crippen MR) is 541 cm³/mol. The number of aromatic nitrogens is 3. The van der Waals surface area contributed by atoms with Crippen molar-refractivity contribution in [3.63, 3.8) is 0 Å². The number of methoxy groups -OCH3 is 3. The first kappa shape index (κ1) is 110. The molecule has 9 fully saturated rings. The number of nitrogens with one attached hydrogen (secondary N) is 3. The van der Waals surface area contributed by atoms with Crippen molar-refractivity contribution in [2.24, 2.45) is 17.8 Å². The molecule has 48 heteroatoms. The van der Waals surface area contributed by atoms with E-state index in [1.165, 1.54) is 64.2 Å². The van der Waals surface area contributed by atoms with Gasteiger partial charge >= 0.3 is 52.9 Å². The Morgan fingerprint density at radius 2 is 0.823 bits per heavy atom. The summed E-state index contributed by atoms with van der Waals surface area (Å²) in [6.45, 7) is 21.0. The van der Waals surface area contributed by atoms with Gasteiger partial charge in [0.05, 0.1) is 92.5 Å². The fourth-order valence-electron chi connectivity index (χ4n) is 20.5. The van der Waals surface area contributed by atoms with Crippen molar-refractivity contribution in [1.29, 1.82) is 0 Å². The van der Waals surface area contributed by atoms with Crippen LogP contribution in [0.1, 0.15) is 212 Å². The van der Waals surface area contributed by atoms with Crippen molar-refractivity contribution in [3.05, 3.63) is 161 Å². The van der Waals surface area contributed by atoms with Gasteiger partial charge in [-0.3, -0.25) is 37.7 Å². The molecule has 3 aromatic heterocycles. The first-order valence-electron chi connectivity index (χ1n) is 49.1. The fourth-order valence-corrected chi connectivity index (χ4v) is 28.1. The van der Waals surface area contributed by atoms with Gasteiger partial charge in [0.1, 0.15) is 50.0 Å². The Bertz CT molecular complexity index is 6780. The molecule has 0 radical (unpaired) electrons. The zero-order valence-electron chi connectivity index (χ0n) is 83.9. The molecule has 9 N–H and O–H groups in total. The SMILES string of the molecule is CCOP(=O)(OCC)C(c1ccc(NC(=O)COC(=O)c2cn(C3CC3)c3c(OC)c(N4C[C@@H]5CCCN(C(=O)OC(C)(C)C)[C@@H]5C4)c(F)cc3c2=O)cc1)=P(O)(OCC)OCC.COc1c(N2C[C@@H]3CCCN(C(=O)OC(C)(C)C)[C@@H]3C2)c(F)cc2c(=O)c(C(=O)O)cn(C3CC3)c12.COc1c(N2C[C@@H]3CCCN[C@@H]3C2)c(F)cc2c(=O)c(C(=O)OCC(=O)Nc3ccc(C(P(=O)(O)O)P(=O)(O)O)cc3)cn(C3CC3)c12. The number of ether oxygens (including phenoxy) is 7. The number of piperidine rings is 3. The van der Waals surface area contributed by atoms with Gasteiger partial charge in [0.25, 0.3) is 19.4 Å². The van der Waals surface area contributed by atoms with E-state index in [0.717, 1.165) is 126 Å². The van der Waals surface area contributed by atoms with Gasteiger partial charge < -0.3 is 135 Å². The summed E-state index contributed by atoms with van der Waals surface area (Å²) in [5.74, 6) is -5.96. The monoisotopic (exact) mass is 2130 g/mol. The molecule has 9 heterocycles. The van der Waals surface area contributed by atoms with Crippen molar-refractivity contribution < 1.29 is 141 Å². The molecule has 0 unspecified atom stereocenters. The van der Waals surface area contributed by atoms with E-state index in [1.807, 2.05) is 56.2 Å². The zero-order chi connectivity index (χ0) is 106. The molecule has 8 aromatic rings. The Morgan fingerprint density at radius 1 is 0.469 bits per heavy atom. The van der Waals surface area contributed by atoms with E-state index in [9.17, 15) is 91.2 Å². The number of nitrogens with zero attached hydrogens (tertiary/aromatic N) is 8. The predicted octanol–water partition coefficient (Wildman–Crippen LogP) is 14.5. The van der Waals surface area contributed by atoms with Crippen LogP contribution in [0.4, 0.5) is 51.2 Å². The van der Waals surface area contributed by atoms with Crippen LogP contribution in [0.3, 0.4) is 0 Å². The molecule has 147 heavy (non-hydrogen) atoms. The number of benzene rings is 5. The van der Waals surface area contributed by atoms with Crippen LogP contribution in [0.15, 0.2) is 99.7 Å². The molecule has 3 saturated carbocycles. The van der Waals surface area contributed by atoms with Gasteiger partial charge in [0.2, 0.25) is 16.3 Å². The first-order valence-corrected chi connectivity index (χ1v) is 55.6. The van der Waals surface area contributed by atoms with Gasteiger partial charge in [-0.05, 0) is 224 Å². The third-order valence-electron chi connectivity index (χ3n) is 27.0. The van der Waals surface area contributed by atoms with Gasteiger partial charge in [0.15, 0.2) is 53.3 Å². The number of halogens is 3. The lowest BCUT2D eigenvalue weighted by Gasteiger charge is -2.37. The number of carboxylic acid groups (broad SMARTS) is 1. The lowest BCUT2D eigenvalue weighted by molar-refractivity contribution is -0.119. The van der Waals surface area contributed by atoms with Crippen LogP contribution in [-0.2, 0) is 60.3 Å². The second kappa shape index (κ2) is 44.5. The summed E-state index contributed by atoms with van der Waals surface area (Å²) >= 11 is 0. The van der Waals surface area contributed by atoms with Crippen LogP contribution in [0, 0.1) is 35.2 Å². The molecule has 5 aromatic carbocycles. The average Bonchev–Trinajstić information content (AvgIpc) is 1.70. The highest BCUT2D eigenvalue weighted by molar-refractivity contribution is 7.89. The van der Waals surface area contributed by atoms with Crippen molar-refractivity contribution in [2.75, 3.05) is 145 Å². The van der Waals surface area contributed by atoms with Gasteiger partial charge in [-0.1, -0.05) is 24.3 Å². The number of likely N-dealkylation sites (tertiary alicyclic amines) is 2. The number of carboxylic acids is 1. The molecular weight excluding hydrogens is 2000 g/mol. The quantitative estimate of drug-likeness (QED) is 0.0111. The number of carbonyl (C=O) groups excluding carboxylic acids is 6. The number of rotatable bonds is 31. The van der Waals surface area contributed by atoms with Crippen LogP contribution in [-0.4, -0.2) is 249 Å². The highest BCUT2D eigenvalue weighted by atomic mass is 31.2. The van der Waals surface area contributed by atoms with Gasteiger partial charge in [-0.15, -0.1) is 0 Å². The number of anilines is 5. The Hall–Kier alpha value is -11.2. The lowest BCUT2D eigenvalue weighted by Crippen LogP contribution is -2.50. The molecule has 6 aliphatic heterocycles. The zero-order valence-corrected chi connectivity index (χ0v) is 87.5. The van der Waals surface area contributed by atoms with E-state index in [4.69, 9.17) is 51.3 Å². The number of carbonyl (C=O) groups is 7. The number of amides is 4. The summed E-state index contributed by atoms with van der Waals surface area (Å²) in [6.07, 6.45) is 13.5. The van der Waals surface area contributed by atoms with Crippen molar-refractivity contribution in [3.8, 4) is 17.2 Å². The van der Waals surface area contributed by atoms with Gasteiger partial charge in [-0.2, -0.15) is 0 Å². The Balaban J connectivity index is 0.000000172. The largest absolute Gasteiger partial charge is 0.492 e. The number of hydrogen-bond donors (Lipinski definition) is 9. The molecule has 6 atom stereocenters. The maximum Gasteiger partial charge on any atom is 0.410 e. The van der Waals surface area contributed by atoms with Crippen LogP contribution >= 0.6 is 30.4 Å². The Morgan fingerprint density at radius 3 is 1.17 bits per heavy atom. The number of pyridine rings is 3. The fraction of sp³-hybridized carbons (Fsp3) is 0.525. The third kappa shape index (κ3) is 24.0.